The lowest BCUT2D eigenvalue weighted by atomic mass is 9.99. The Morgan fingerprint density at radius 1 is 0.973 bits per heavy atom. The van der Waals surface area contributed by atoms with E-state index in [0.717, 1.165) is 25.2 Å². The zero-order valence-corrected chi connectivity index (χ0v) is 21.4. The van der Waals surface area contributed by atoms with Gasteiger partial charge in [0.05, 0.1) is 25.4 Å². The first kappa shape index (κ1) is 27.0. The van der Waals surface area contributed by atoms with Crippen molar-refractivity contribution in [3.05, 3.63) is 77.9 Å². The average Bonchev–Trinajstić information content (AvgIpc) is 3.41. The van der Waals surface area contributed by atoms with Crippen LogP contribution in [0.2, 0.25) is 0 Å². The minimum absolute atomic E-state index is 0.194. The third kappa shape index (κ3) is 6.47. The number of benzene rings is 3. The molecule has 1 saturated heterocycles. The average molecular weight is 507 g/mol. The zero-order valence-electron chi connectivity index (χ0n) is 21.4. The number of hydrogen-bond donors (Lipinski definition) is 6. The molecule has 37 heavy (non-hydrogen) atoms. The van der Waals surface area contributed by atoms with Crippen LogP contribution in [0.5, 0.6) is 0 Å². The van der Waals surface area contributed by atoms with E-state index in [0.29, 0.717) is 24.7 Å². The molecule has 0 bridgehead atoms. The zero-order chi connectivity index (χ0) is 26.3. The number of nitrogens with one attached hydrogen (secondary N) is 3. The van der Waals surface area contributed by atoms with Gasteiger partial charge in [-0.2, -0.15) is 0 Å². The third-order valence-electron chi connectivity index (χ3n) is 7.28. The van der Waals surface area contributed by atoms with Crippen molar-refractivity contribution in [3.8, 4) is 0 Å². The summed E-state index contributed by atoms with van der Waals surface area (Å²) in [5.74, 6) is -0.194. The van der Waals surface area contributed by atoms with Gasteiger partial charge in [-0.15, -0.1) is 0 Å². The van der Waals surface area contributed by atoms with Gasteiger partial charge in [0, 0.05) is 49.5 Å². The van der Waals surface area contributed by atoms with Gasteiger partial charge in [0.15, 0.2) is 0 Å². The van der Waals surface area contributed by atoms with Gasteiger partial charge in [0.1, 0.15) is 0 Å². The molecule has 0 spiro atoms. The summed E-state index contributed by atoms with van der Waals surface area (Å²) < 4.78 is 0. The van der Waals surface area contributed by atoms with Crippen molar-refractivity contribution in [2.45, 2.75) is 31.0 Å². The minimum Gasteiger partial charge on any atom is -0.394 e. The number of amides is 1. The second kappa shape index (κ2) is 12.5. The molecule has 3 aromatic rings. The number of hydrogen-bond acceptors (Lipinski definition) is 7. The normalized spacial score (nSPS) is 16.8. The predicted molar refractivity (Wildman–Crippen MR) is 147 cm³/mol. The first-order valence-corrected chi connectivity index (χ1v) is 12.9. The summed E-state index contributed by atoms with van der Waals surface area (Å²) in [6, 6.07) is 23.2. The smallest absolute Gasteiger partial charge is 0.251 e. The molecule has 0 saturated carbocycles. The number of aliphatic hydroxyl groups excluding tert-OH is 3. The van der Waals surface area contributed by atoms with E-state index in [1.807, 2.05) is 24.3 Å². The molecule has 4 rings (SSSR count). The molecule has 8 nitrogen and oxygen atoms in total. The molecule has 0 radical (unpaired) electrons. The topological polar surface area (TPSA) is 117 Å². The van der Waals surface area contributed by atoms with E-state index in [2.05, 4.69) is 70.2 Å². The SMILES string of the molecule is C[C@@H](N[C@H]1CCN(c2ccc(C(=O)NCCNC(CO)(CO)CO)cc2)C1)c1cccc2ccccc12. The maximum absolute atomic E-state index is 12.5. The Bertz CT molecular complexity index is 1150. The van der Waals surface area contributed by atoms with Gasteiger partial charge in [0.2, 0.25) is 0 Å². The van der Waals surface area contributed by atoms with Gasteiger partial charge in [-0.1, -0.05) is 42.5 Å². The van der Waals surface area contributed by atoms with Gasteiger partial charge in [-0.25, -0.2) is 0 Å². The molecule has 1 amide bonds. The van der Waals surface area contributed by atoms with Crippen LogP contribution in [-0.4, -0.2) is 78.8 Å². The molecule has 2 atom stereocenters. The molecule has 1 aliphatic heterocycles. The molecular formula is C29H38N4O4. The highest BCUT2D eigenvalue weighted by Crippen LogP contribution is 2.27. The fourth-order valence-corrected chi connectivity index (χ4v) is 4.95. The number of fused-ring (bicyclic) bond motifs is 1. The highest BCUT2D eigenvalue weighted by atomic mass is 16.3. The van der Waals surface area contributed by atoms with Crippen molar-refractivity contribution in [3.63, 3.8) is 0 Å². The van der Waals surface area contributed by atoms with Crippen molar-refractivity contribution in [2.24, 2.45) is 0 Å². The van der Waals surface area contributed by atoms with Crippen molar-refractivity contribution >= 4 is 22.4 Å². The Morgan fingerprint density at radius 3 is 2.41 bits per heavy atom. The van der Waals surface area contributed by atoms with Crippen molar-refractivity contribution in [2.75, 3.05) is 50.9 Å². The van der Waals surface area contributed by atoms with Gasteiger partial charge < -0.3 is 36.2 Å². The Morgan fingerprint density at radius 2 is 1.68 bits per heavy atom. The lowest BCUT2D eigenvalue weighted by Crippen LogP contribution is -2.56. The van der Waals surface area contributed by atoms with Crippen molar-refractivity contribution < 1.29 is 20.1 Å². The fourth-order valence-electron chi connectivity index (χ4n) is 4.95. The highest BCUT2D eigenvalue weighted by molar-refractivity contribution is 5.94. The molecule has 3 aromatic carbocycles. The Labute approximate surface area is 218 Å². The van der Waals surface area contributed by atoms with Crippen LogP contribution in [0.1, 0.15) is 35.3 Å². The quantitative estimate of drug-likeness (QED) is 0.208. The highest BCUT2D eigenvalue weighted by Gasteiger charge is 2.27. The van der Waals surface area contributed by atoms with Crippen LogP contribution < -0.4 is 20.9 Å². The van der Waals surface area contributed by atoms with E-state index in [9.17, 15) is 20.1 Å². The second-order valence-electron chi connectivity index (χ2n) is 9.87. The third-order valence-corrected chi connectivity index (χ3v) is 7.28. The predicted octanol–water partition coefficient (Wildman–Crippen LogP) is 1.80. The summed E-state index contributed by atoms with van der Waals surface area (Å²) >= 11 is 0. The molecular weight excluding hydrogens is 468 g/mol. The first-order chi connectivity index (χ1) is 18.0. The van der Waals surface area contributed by atoms with Crippen LogP contribution in [0.25, 0.3) is 10.8 Å². The van der Waals surface area contributed by atoms with Crippen molar-refractivity contribution in [1.82, 2.24) is 16.0 Å². The summed E-state index contributed by atoms with van der Waals surface area (Å²) in [4.78, 5) is 14.8. The molecule has 198 valence electrons. The number of carbonyl (C=O) groups excluding carboxylic acids is 1. The Kier molecular flexibility index (Phi) is 9.13. The van der Waals surface area contributed by atoms with Gasteiger partial charge in [-0.05, 0) is 53.9 Å². The van der Waals surface area contributed by atoms with Crippen LogP contribution in [-0.2, 0) is 0 Å². The van der Waals surface area contributed by atoms with Gasteiger partial charge in [-0.3, -0.25) is 4.79 Å². The van der Waals surface area contributed by atoms with E-state index in [-0.39, 0.29) is 11.9 Å². The largest absolute Gasteiger partial charge is 0.394 e. The Hall–Kier alpha value is -3.01. The van der Waals surface area contributed by atoms with E-state index in [4.69, 9.17) is 0 Å². The van der Waals surface area contributed by atoms with Gasteiger partial charge >= 0.3 is 0 Å². The number of aliphatic hydroxyl groups is 3. The second-order valence-corrected chi connectivity index (χ2v) is 9.87. The number of nitrogens with zero attached hydrogens (tertiary/aromatic N) is 1. The summed E-state index contributed by atoms with van der Waals surface area (Å²) in [6.07, 6.45) is 1.06. The van der Waals surface area contributed by atoms with Crippen LogP contribution in [0.3, 0.4) is 0 Å². The maximum atomic E-state index is 12.5. The standard InChI is InChI=1S/C29H38N4O4/c1-21(26-8-4-6-22-5-2-3-7-27(22)26)32-24-13-16-33(17-24)25-11-9-23(10-12-25)28(37)30-14-15-31-29(18-34,19-35)20-36/h2-12,21,24,31-32,34-36H,13-20H2,1H3,(H,30,37)/t21-,24+/m1/s1. The monoisotopic (exact) mass is 506 g/mol. The van der Waals surface area contributed by atoms with Crippen molar-refractivity contribution in [1.29, 1.82) is 0 Å². The number of rotatable bonds is 12. The fraction of sp³-hybridized carbons (Fsp3) is 0.414. The van der Waals surface area contributed by atoms with Crippen LogP contribution >= 0.6 is 0 Å². The lowest BCUT2D eigenvalue weighted by molar-refractivity contribution is 0.0431. The van der Waals surface area contributed by atoms with E-state index >= 15 is 0 Å². The molecule has 1 aliphatic rings. The molecule has 1 fully saturated rings. The summed E-state index contributed by atoms with van der Waals surface area (Å²) in [5, 5.41) is 40.1. The van der Waals surface area contributed by atoms with Crippen LogP contribution in [0, 0.1) is 0 Å². The molecule has 0 aromatic heterocycles. The maximum Gasteiger partial charge on any atom is 0.251 e. The summed E-state index contributed by atoms with van der Waals surface area (Å²) in [5.41, 5.74) is 1.83. The minimum atomic E-state index is -1.15. The summed E-state index contributed by atoms with van der Waals surface area (Å²) in [6.45, 7) is 3.51. The number of carbonyl (C=O) groups is 1. The van der Waals surface area contributed by atoms with Crippen LogP contribution in [0.15, 0.2) is 66.7 Å². The summed E-state index contributed by atoms with van der Waals surface area (Å²) in [7, 11) is 0. The first-order valence-electron chi connectivity index (χ1n) is 12.9. The van der Waals surface area contributed by atoms with Crippen LogP contribution in [0.4, 0.5) is 5.69 Å². The molecule has 1 heterocycles. The lowest BCUT2D eigenvalue weighted by Gasteiger charge is -2.28. The van der Waals surface area contributed by atoms with E-state index in [1.54, 1.807) is 0 Å². The Balaban J connectivity index is 1.27. The van der Waals surface area contributed by atoms with Gasteiger partial charge in [0.25, 0.3) is 5.91 Å². The van der Waals surface area contributed by atoms with E-state index in [1.165, 1.54) is 16.3 Å². The molecule has 6 N–H and O–H groups in total. The molecule has 0 unspecified atom stereocenters. The molecule has 0 aliphatic carbocycles. The van der Waals surface area contributed by atoms with E-state index < -0.39 is 25.4 Å². The number of anilines is 1. The molecule has 8 heteroatoms.